The van der Waals surface area contributed by atoms with Crippen LogP contribution in [0, 0.1) is 0 Å². The van der Waals surface area contributed by atoms with E-state index in [2.05, 4.69) is 10.0 Å². The quantitative estimate of drug-likeness (QED) is 0.608. The maximum atomic E-state index is 12.8. The van der Waals surface area contributed by atoms with Gasteiger partial charge in [0.15, 0.2) is 0 Å². The summed E-state index contributed by atoms with van der Waals surface area (Å²) in [7, 11) is -3.80. The smallest absolute Gasteiger partial charge is 0.241 e. The molecule has 9 heteroatoms. The van der Waals surface area contributed by atoms with E-state index in [1.165, 1.54) is 23.5 Å². The van der Waals surface area contributed by atoms with E-state index in [-0.39, 0.29) is 36.0 Å². The second-order valence-corrected chi connectivity index (χ2v) is 9.72. The average Bonchev–Trinajstić information content (AvgIpc) is 3.26. The highest BCUT2D eigenvalue weighted by molar-refractivity contribution is 7.89. The molecule has 2 amide bonds. The number of amides is 2. The number of carbonyl (C=O) groups is 2. The molecule has 1 aromatic carbocycles. The van der Waals surface area contributed by atoms with Crippen LogP contribution in [0.2, 0.25) is 0 Å². The van der Waals surface area contributed by atoms with Crippen molar-refractivity contribution in [3.05, 3.63) is 30.3 Å². The van der Waals surface area contributed by atoms with Gasteiger partial charge in [0.1, 0.15) is 0 Å². The molecule has 1 aromatic rings. The number of rotatable bonds is 9. The van der Waals surface area contributed by atoms with Crippen LogP contribution in [0.1, 0.15) is 44.9 Å². The number of hydrogen-bond donors (Lipinski definition) is 2. The Morgan fingerprint density at radius 2 is 1.77 bits per heavy atom. The molecule has 8 nitrogen and oxygen atoms in total. The van der Waals surface area contributed by atoms with Gasteiger partial charge in [-0.25, -0.2) is 13.1 Å². The van der Waals surface area contributed by atoms with Crippen LogP contribution in [0.5, 0.6) is 0 Å². The lowest BCUT2D eigenvalue weighted by Crippen LogP contribution is -2.49. The van der Waals surface area contributed by atoms with Crippen molar-refractivity contribution < 1.29 is 22.7 Å². The summed E-state index contributed by atoms with van der Waals surface area (Å²) < 4.78 is 32.8. The Morgan fingerprint density at radius 1 is 1.03 bits per heavy atom. The van der Waals surface area contributed by atoms with Crippen LogP contribution in [-0.4, -0.2) is 63.5 Å². The summed E-state index contributed by atoms with van der Waals surface area (Å²) in [5.41, 5.74) is 0. The van der Waals surface area contributed by atoms with E-state index in [1.54, 1.807) is 18.2 Å². The fourth-order valence-corrected chi connectivity index (χ4v) is 4.93. The SMILES string of the molecule is O=C(CN(CC1CCCO1)C(=O)CNS(=O)(=O)c1ccccc1)NC1CCCCC1. The van der Waals surface area contributed by atoms with E-state index in [0.717, 1.165) is 38.5 Å². The summed E-state index contributed by atoms with van der Waals surface area (Å²) in [6.07, 6.45) is 6.94. The van der Waals surface area contributed by atoms with Gasteiger partial charge in [-0.2, -0.15) is 0 Å². The first-order valence-corrected chi connectivity index (χ1v) is 12.2. The summed E-state index contributed by atoms with van der Waals surface area (Å²) in [4.78, 5) is 26.8. The molecule has 1 saturated carbocycles. The molecular formula is C21H31N3O5S. The lowest BCUT2D eigenvalue weighted by atomic mass is 9.95. The number of nitrogens with zero attached hydrogens (tertiary/aromatic N) is 1. The standard InChI is InChI=1S/C21H31N3O5S/c25-20(23-17-8-3-1-4-9-17)16-24(15-18-10-7-13-29-18)21(26)14-22-30(27,28)19-11-5-2-6-12-19/h2,5-6,11-12,17-18,22H,1,3-4,7-10,13-16H2,(H,23,25). The Bertz CT molecular complexity index is 803. The highest BCUT2D eigenvalue weighted by Gasteiger charge is 2.26. The van der Waals surface area contributed by atoms with Crippen LogP contribution in [0.15, 0.2) is 35.2 Å². The first-order chi connectivity index (χ1) is 14.4. The molecule has 1 heterocycles. The van der Waals surface area contributed by atoms with Crippen LogP contribution >= 0.6 is 0 Å². The molecule has 1 atom stereocenters. The topological polar surface area (TPSA) is 105 Å². The van der Waals surface area contributed by atoms with Crippen molar-refractivity contribution in [2.75, 3.05) is 26.2 Å². The largest absolute Gasteiger partial charge is 0.376 e. The molecule has 166 valence electrons. The van der Waals surface area contributed by atoms with Gasteiger partial charge in [-0.15, -0.1) is 0 Å². The minimum Gasteiger partial charge on any atom is -0.376 e. The maximum Gasteiger partial charge on any atom is 0.241 e. The van der Waals surface area contributed by atoms with Gasteiger partial charge >= 0.3 is 0 Å². The zero-order valence-corrected chi connectivity index (χ0v) is 18.0. The van der Waals surface area contributed by atoms with Crippen LogP contribution in [-0.2, 0) is 24.3 Å². The summed E-state index contributed by atoms with van der Waals surface area (Å²) >= 11 is 0. The Morgan fingerprint density at radius 3 is 2.43 bits per heavy atom. The number of nitrogens with one attached hydrogen (secondary N) is 2. The van der Waals surface area contributed by atoms with Crippen molar-refractivity contribution in [3.8, 4) is 0 Å². The Labute approximate surface area is 178 Å². The Balaban J connectivity index is 1.58. The Kier molecular flexibility index (Phi) is 8.24. The van der Waals surface area contributed by atoms with Crippen molar-refractivity contribution in [1.82, 2.24) is 14.9 Å². The zero-order chi connectivity index (χ0) is 21.4. The fourth-order valence-electron chi connectivity index (χ4n) is 3.93. The third kappa shape index (κ3) is 6.78. The molecule has 1 aliphatic heterocycles. The second-order valence-electron chi connectivity index (χ2n) is 7.95. The van der Waals surface area contributed by atoms with E-state index < -0.39 is 22.5 Å². The van der Waals surface area contributed by atoms with Gasteiger partial charge in [0, 0.05) is 19.2 Å². The molecule has 1 unspecified atom stereocenters. The van der Waals surface area contributed by atoms with Crippen LogP contribution in [0.4, 0.5) is 0 Å². The molecular weight excluding hydrogens is 406 g/mol. The summed E-state index contributed by atoms with van der Waals surface area (Å²) in [5.74, 6) is -0.650. The fraction of sp³-hybridized carbons (Fsp3) is 0.619. The van der Waals surface area contributed by atoms with E-state index in [0.29, 0.717) is 6.61 Å². The predicted molar refractivity (Wildman–Crippen MR) is 112 cm³/mol. The lowest BCUT2D eigenvalue weighted by molar-refractivity contribution is -0.136. The molecule has 0 spiro atoms. The van der Waals surface area contributed by atoms with E-state index in [9.17, 15) is 18.0 Å². The first kappa shape index (κ1) is 22.7. The van der Waals surface area contributed by atoms with Gasteiger partial charge in [-0.05, 0) is 37.8 Å². The Hall–Kier alpha value is -1.97. The second kappa shape index (κ2) is 10.9. The van der Waals surface area contributed by atoms with Crippen LogP contribution in [0.25, 0.3) is 0 Å². The third-order valence-corrected chi connectivity index (χ3v) is 6.99. The van der Waals surface area contributed by atoms with Gasteiger partial charge in [-0.1, -0.05) is 37.5 Å². The zero-order valence-electron chi connectivity index (χ0n) is 17.2. The number of hydrogen-bond acceptors (Lipinski definition) is 5. The molecule has 1 aliphatic carbocycles. The van der Waals surface area contributed by atoms with Crippen molar-refractivity contribution in [1.29, 1.82) is 0 Å². The van der Waals surface area contributed by atoms with E-state index >= 15 is 0 Å². The minimum absolute atomic E-state index is 0.0950. The normalized spacial score (nSPS) is 20.1. The minimum atomic E-state index is -3.80. The predicted octanol–water partition coefficient (Wildman–Crippen LogP) is 1.42. The average molecular weight is 438 g/mol. The molecule has 0 aromatic heterocycles. The molecule has 0 radical (unpaired) electrons. The van der Waals surface area contributed by atoms with Crippen molar-refractivity contribution in [2.45, 2.75) is 62.0 Å². The third-order valence-electron chi connectivity index (χ3n) is 5.57. The van der Waals surface area contributed by atoms with Crippen molar-refractivity contribution >= 4 is 21.8 Å². The van der Waals surface area contributed by atoms with Crippen LogP contribution < -0.4 is 10.0 Å². The molecule has 30 heavy (non-hydrogen) atoms. The summed E-state index contributed by atoms with van der Waals surface area (Å²) in [6, 6.07) is 8.05. The van der Waals surface area contributed by atoms with Gasteiger partial charge in [0.25, 0.3) is 0 Å². The molecule has 3 rings (SSSR count). The van der Waals surface area contributed by atoms with Gasteiger partial charge in [-0.3, -0.25) is 9.59 Å². The number of sulfonamides is 1. The highest BCUT2D eigenvalue weighted by Crippen LogP contribution is 2.18. The van der Waals surface area contributed by atoms with E-state index in [1.807, 2.05) is 0 Å². The van der Waals surface area contributed by atoms with Crippen LogP contribution in [0.3, 0.4) is 0 Å². The van der Waals surface area contributed by atoms with Gasteiger partial charge in [0.2, 0.25) is 21.8 Å². The van der Waals surface area contributed by atoms with Crippen molar-refractivity contribution in [2.24, 2.45) is 0 Å². The maximum absolute atomic E-state index is 12.8. The monoisotopic (exact) mass is 437 g/mol. The van der Waals surface area contributed by atoms with E-state index in [4.69, 9.17) is 4.74 Å². The van der Waals surface area contributed by atoms with Gasteiger partial charge in [0.05, 0.1) is 24.1 Å². The molecule has 0 bridgehead atoms. The van der Waals surface area contributed by atoms with Gasteiger partial charge < -0.3 is 15.0 Å². The van der Waals surface area contributed by atoms with Crippen molar-refractivity contribution in [3.63, 3.8) is 0 Å². The number of ether oxygens (including phenoxy) is 1. The summed E-state index contributed by atoms with van der Waals surface area (Å²) in [6.45, 7) is 0.425. The lowest BCUT2D eigenvalue weighted by Gasteiger charge is -2.27. The molecule has 2 N–H and O–H groups in total. The highest BCUT2D eigenvalue weighted by atomic mass is 32.2. The summed E-state index contributed by atoms with van der Waals surface area (Å²) in [5, 5.41) is 3.02. The molecule has 2 fully saturated rings. The number of benzene rings is 1. The molecule has 1 saturated heterocycles. The first-order valence-electron chi connectivity index (χ1n) is 10.7. The molecule has 2 aliphatic rings. The number of carbonyl (C=O) groups excluding carboxylic acids is 2.